The molecular weight excluding hydrogens is 156 g/mol. The van der Waals surface area contributed by atoms with Gasteiger partial charge in [0.15, 0.2) is 5.82 Å². The number of hydrogen-bond acceptors (Lipinski definition) is 4. The van der Waals surface area contributed by atoms with Gasteiger partial charge in [-0.1, -0.05) is 19.0 Å². The highest BCUT2D eigenvalue weighted by Gasteiger charge is 2.10. The summed E-state index contributed by atoms with van der Waals surface area (Å²) in [6, 6.07) is 0. The zero-order chi connectivity index (χ0) is 9.14. The van der Waals surface area contributed by atoms with Crippen LogP contribution in [0.15, 0.2) is 4.52 Å². The molecule has 0 radical (unpaired) electrons. The average molecular weight is 170 g/mol. The summed E-state index contributed by atoms with van der Waals surface area (Å²) in [5.74, 6) is 1.46. The van der Waals surface area contributed by atoms with Gasteiger partial charge in [-0.25, -0.2) is 0 Å². The Kier molecular flexibility index (Phi) is 2.81. The van der Waals surface area contributed by atoms with Gasteiger partial charge in [0.2, 0.25) is 5.89 Å². The third-order valence-corrected chi connectivity index (χ3v) is 1.46. The third kappa shape index (κ3) is 2.30. The van der Waals surface area contributed by atoms with E-state index < -0.39 is 6.10 Å². The van der Waals surface area contributed by atoms with Gasteiger partial charge in [-0.2, -0.15) is 4.98 Å². The van der Waals surface area contributed by atoms with Gasteiger partial charge in [-0.3, -0.25) is 0 Å². The van der Waals surface area contributed by atoms with Crippen molar-refractivity contribution in [3.63, 3.8) is 0 Å². The van der Waals surface area contributed by atoms with E-state index in [1.807, 2.05) is 13.8 Å². The number of aliphatic hydroxyl groups excluding tert-OH is 1. The van der Waals surface area contributed by atoms with Gasteiger partial charge in [0.25, 0.3) is 0 Å². The van der Waals surface area contributed by atoms with Crippen LogP contribution in [0.2, 0.25) is 0 Å². The summed E-state index contributed by atoms with van der Waals surface area (Å²) in [5, 5.41) is 12.8. The maximum absolute atomic E-state index is 9.03. The van der Waals surface area contributed by atoms with Gasteiger partial charge in [0.1, 0.15) is 0 Å². The molecule has 0 aliphatic heterocycles. The van der Waals surface area contributed by atoms with Gasteiger partial charge in [-0.15, -0.1) is 0 Å². The SMILES string of the molecule is CC(O)Cc1noc(C(C)C)n1. The Balaban J connectivity index is 2.64. The first-order valence-corrected chi connectivity index (χ1v) is 4.10. The second kappa shape index (κ2) is 3.67. The Bertz CT molecular complexity index is 243. The number of nitrogens with zero attached hydrogens (tertiary/aromatic N) is 2. The third-order valence-electron chi connectivity index (χ3n) is 1.46. The summed E-state index contributed by atoms with van der Waals surface area (Å²) >= 11 is 0. The van der Waals surface area contributed by atoms with Crippen LogP contribution in [0.5, 0.6) is 0 Å². The first kappa shape index (κ1) is 9.19. The maximum atomic E-state index is 9.03. The molecule has 1 aromatic rings. The minimum atomic E-state index is -0.414. The van der Waals surface area contributed by atoms with Crippen molar-refractivity contribution in [2.75, 3.05) is 0 Å². The van der Waals surface area contributed by atoms with Crippen molar-refractivity contribution in [1.29, 1.82) is 0 Å². The lowest BCUT2D eigenvalue weighted by Crippen LogP contribution is -2.05. The standard InChI is InChI=1S/C8H14N2O2/c1-5(2)8-9-7(10-12-8)4-6(3)11/h5-6,11H,4H2,1-3H3. The van der Waals surface area contributed by atoms with Crippen molar-refractivity contribution in [1.82, 2.24) is 10.1 Å². The topological polar surface area (TPSA) is 59.2 Å². The molecule has 4 nitrogen and oxygen atoms in total. The van der Waals surface area contributed by atoms with Gasteiger partial charge in [0.05, 0.1) is 6.10 Å². The highest BCUT2D eigenvalue weighted by molar-refractivity contribution is 4.91. The van der Waals surface area contributed by atoms with Crippen LogP contribution in [0.4, 0.5) is 0 Å². The highest BCUT2D eigenvalue weighted by atomic mass is 16.5. The van der Waals surface area contributed by atoms with Crippen LogP contribution in [0, 0.1) is 0 Å². The predicted octanol–water partition coefficient (Wildman–Crippen LogP) is 1.12. The smallest absolute Gasteiger partial charge is 0.229 e. The first-order chi connectivity index (χ1) is 5.59. The summed E-state index contributed by atoms with van der Waals surface area (Å²) in [6.45, 7) is 5.67. The second-order valence-electron chi connectivity index (χ2n) is 3.26. The molecule has 1 heterocycles. The van der Waals surface area contributed by atoms with Crippen molar-refractivity contribution in [2.24, 2.45) is 0 Å². The molecule has 4 heteroatoms. The van der Waals surface area contributed by atoms with Crippen molar-refractivity contribution in [3.05, 3.63) is 11.7 Å². The largest absolute Gasteiger partial charge is 0.393 e. The molecule has 0 saturated heterocycles. The molecule has 0 amide bonds. The van der Waals surface area contributed by atoms with Crippen molar-refractivity contribution in [2.45, 2.75) is 39.2 Å². The second-order valence-corrected chi connectivity index (χ2v) is 3.26. The van der Waals surface area contributed by atoms with Gasteiger partial charge >= 0.3 is 0 Å². The lowest BCUT2D eigenvalue weighted by atomic mass is 10.2. The molecule has 0 spiro atoms. The Morgan fingerprint density at radius 3 is 2.50 bits per heavy atom. The van der Waals surface area contributed by atoms with E-state index in [1.165, 1.54) is 0 Å². The van der Waals surface area contributed by atoms with E-state index in [0.717, 1.165) is 0 Å². The fourth-order valence-electron chi connectivity index (χ4n) is 0.849. The van der Waals surface area contributed by atoms with Crippen LogP contribution < -0.4 is 0 Å². The van der Waals surface area contributed by atoms with Gasteiger partial charge < -0.3 is 9.63 Å². The zero-order valence-corrected chi connectivity index (χ0v) is 7.61. The molecule has 0 aromatic carbocycles. The molecule has 0 bridgehead atoms. The lowest BCUT2D eigenvalue weighted by molar-refractivity contribution is 0.191. The van der Waals surface area contributed by atoms with Crippen molar-refractivity contribution < 1.29 is 9.63 Å². The van der Waals surface area contributed by atoms with Crippen LogP contribution >= 0.6 is 0 Å². The monoisotopic (exact) mass is 170 g/mol. The quantitative estimate of drug-likeness (QED) is 0.738. The molecule has 12 heavy (non-hydrogen) atoms. The lowest BCUT2D eigenvalue weighted by Gasteiger charge is -1.96. The molecule has 1 aromatic heterocycles. The fraction of sp³-hybridized carbons (Fsp3) is 0.750. The summed E-state index contributed by atoms with van der Waals surface area (Å²) in [7, 11) is 0. The molecule has 68 valence electrons. The van der Waals surface area contributed by atoms with Crippen LogP contribution in [-0.2, 0) is 6.42 Å². The Morgan fingerprint density at radius 2 is 2.08 bits per heavy atom. The summed E-state index contributed by atoms with van der Waals surface area (Å²) in [5.41, 5.74) is 0. The van der Waals surface area contributed by atoms with Crippen LogP contribution in [-0.4, -0.2) is 21.4 Å². The Morgan fingerprint density at radius 1 is 1.42 bits per heavy atom. The number of aromatic nitrogens is 2. The molecule has 1 N–H and O–H groups in total. The van der Waals surface area contributed by atoms with Gasteiger partial charge in [-0.05, 0) is 6.92 Å². The Hall–Kier alpha value is -0.900. The van der Waals surface area contributed by atoms with E-state index in [9.17, 15) is 0 Å². The molecule has 1 rings (SSSR count). The van der Waals surface area contributed by atoms with Gasteiger partial charge in [0, 0.05) is 12.3 Å². The average Bonchev–Trinajstić information content (AvgIpc) is 2.34. The molecule has 0 fully saturated rings. The summed E-state index contributed by atoms with van der Waals surface area (Å²) in [6.07, 6.45) is 0.0403. The van der Waals surface area contributed by atoms with E-state index in [2.05, 4.69) is 10.1 Å². The van der Waals surface area contributed by atoms with Crippen LogP contribution in [0.25, 0.3) is 0 Å². The molecule has 1 atom stereocenters. The molecule has 1 unspecified atom stereocenters. The van der Waals surface area contributed by atoms with Crippen molar-refractivity contribution in [3.8, 4) is 0 Å². The minimum absolute atomic E-state index is 0.250. The Labute approximate surface area is 71.6 Å². The minimum Gasteiger partial charge on any atom is -0.393 e. The highest BCUT2D eigenvalue weighted by Crippen LogP contribution is 2.11. The van der Waals surface area contributed by atoms with Crippen LogP contribution in [0.3, 0.4) is 0 Å². The summed E-state index contributed by atoms with van der Waals surface area (Å²) in [4.78, 5) is 4.11. The number of aliphatic hydroxyl groups is 1. The molecular formula is C8H14N2O2. The van der Waals surface area contributed by atoms with E-state index >= 15 is 0 Å². The van der Waals surface area contributed by atoms with E-state index in [1.54, 1.807) is 6.92 Å². The normalized spacial score (nSPS) is 13.8. The van der Waals surface area contributed by atoms with E-state index in [0.29, 0.717) is 18.1 Å². The predicted molar refractivity (Wildman–Crippen MR) is 43.8 cm³/mol. The fourth-order valence-corrected chi connectivity index (χ4v) is 0.849. The van der Waals surface area contributed by atoms with E-state index in [-0.39, 0.29) is 5.92 Å². The van der Waals surface area contributed by atoms with E-state index in [4.69, 9.17) is 9.63 Å². The first-order valence-electron chi connectivity index (χ1n) is 4.10. The van der Waals surface area contributed by atoms with Crippen molar-refractivity contribution >= 4 is 0 Å². The molecule has 0 saturated carbocycles. The van der Waals surface area contributed by atoms with Crippen LogP contribution in [0.1, 0.15) is 38.4 Å². The zero-order valence-electron chi connectivity index (χ0n) is 7.61. The molecule has 0 aliphatic rings. The molecule has 0 aliphatic carbocycles. The number of hydrogen-bond donors (Lipinski definition) is 1. The maximum Gasteiger partial charge on any atom is 0.229 e. The number of rotatable bonds is 3. The summed E-state index contributed by atoms with van der Waals surface area (Å²) < 4.78 is 4.95.